The second-order valence-corrected chi connectivity index (χ2v) is 11.9. The van der Waals surface area contributed by atoms with Gasteiger partial charge in [0.2, 0.25) is 0 Å². The zero-order valence-corrected chi connectivity index (χ0v) is 18.8. The molecule has 0 amide bonds. The Balaban J connectivity index is 1.92. The van der Waals surface area contributed by atoms with E-state index in [1.165, 1.54) is 11.3 Å². The van der Waals surface area contributed by atoms with Gasteiger partial charge in [-0.1, -0.05) is 41.5 Å². The molecule has 0 spiro atoms. The molecule has 3 rings (SSSR count). The quantitative estimate of drug-likeness (QED) is 0.797. The molecule has 0 unspecified atom stereocenters. The van der Waals surface area contributed by atoms with Crippen molar-refractivity contribution in [2.24, 2.45) is 15.8 Å². The van der Waals surface area contributed by atoms with Crippen molar-refractivity contribution in [3.8, 4) is 0 Å². The molecule has 0 bridgehead atoms. The van der Waals surface area contributed by atoms with Gasteiger partial charge in [-0.25, -0.2) is 0 Å². The Morgan fingerprint density at radius 3 is 2.15 bits per heavy atom. The van der Waals surface area contributed by atoms with Gasteiger partial charge in [0.05, 0.1) is 6.04 Å². The first-order chi connectivity index (χ1) is 12.3. The molecule has 0 aliphatic carbocycles. The van der Waals surface area contributed by atoms with E-state index in [9.17, 15) is 8.42 Å². The van der Waals surface area contributed by atoms with Crippen LogP contribution in [0, 0.1) is 10.8 Å². The van der Waals surface area contributed by atoms with Crippen molar-refractivity contribution in [2.75, 3.05) is 19.6 Å². The van der Waals surface area contributed by atoms with E-state index in [0.717, 1.165) is 25.1 Å². The summed E-state index contributed by atoms with van der Waals surface area (Å²) in [7, 11) is -3.41. The number of hydrogen-bond donors (Lipinski definition) is 1. The maximum Gasteiger partial charge on any atom is 0.279 e. The maximum atomic E-state index is 12.8. The zero-order chi connectivity index (χ0) is 20.2. The van der Waals surface area contributed by atoms with Crippen LogP contribution in [0.5, 0.6) is 0 Å². The SMILES string of the molecule is C[C@@H]1N=C(C(C)(C)C)N2C[C@@H](NS(=O)(=O)N3CCCC3)CC2=C1C(C)(C)C. The lowest BCUT2D eigenvalue weighted by Gasteiger charge is -2.41. The Labute approximate surface area is 165 Å². The van der Waals surface area contributed by atoms with E-state index >= 15 is 0 Å². The van der Waals surface area contributed by atoms with Crippen LogP contribution in [-0.2, 0) is 10.2 Å². The van der Waals surface area contributed by atoms with E-state index < -0.39 is 10.2 Å². The highest BCUT2D eigenvalue weighted by atomic mass is 32.2. The Morgan fingerprint density at radius 1 is 1.04 bits per heavy atom. The first kappa shape index (κ1) is 20.8. The number of fused-ring (bicyclic) bond motifs is 1. The Bertz CT molecular complexity index is 750. The number of hydrogen-bond acceptors (Lipinski definition) is 4. The van der Waals surface area contributed by atoms with Crippen LogP contribution in [0.15, 0.2) is 16.3 Å². The molecule has 0 aromatic rings. The topological polar surface area (TPSA) is 65.0 Å². The normalized spacial score (nSPS) is 28.0. The predicted octanol–water partition coefficient (Wildman–Crippen LogP) is 3.14. The van der Waals surface area contributed by atoms with Gasteiger partial charge >= 0.3 is 0 Å². The van der Waals surface area contributed by atoms with E-state index in [2.05, 4.69) is 58.1 Å². The second-order valence-electron chi connectivity index (χ2n) is 10.2. The summed E-state index contributed by atoms with van der Waals surface area (Å²) in [5, 5.41) is 0. The van der Waals surface area contributed by atoms with Crippen LogP contribution in [0.1, 0.15) is 67.7 Å². The third-order valence-electron chi connectivity index (χ3n) is 5.67. The third kappa shape index (κ3) is 4.10. The molecule has 3 aliphatic heterocycles. The van der Waals surface area contributed by atoms with Crippen LogP contribution in [0.4, 0.5) is 0 Å². The van der Waals surface area contributed by atoms with E-state index in [0.29, 0.717) is 19.6 Å². The van der Waals surface area contributed by atoms with Gasteiger partial charge in [0.1, 0.15) is 5.84 Å². The third-order valence-corrected chi connectivity index (χ3v) is 7.34. The van der Waals surface area contributed by atoms with Crippen molar-refractivity contribution >= 4 is 16.0 Å². The van der Waals surface area contributed by atoms with Gasteiger partial charge in [-0.15, -0.1) is 0 Å². The number of rotatable bonds is 3. The predicted molar refractivity (Wildman–Crippen MR) is 111 cm³/mol. The molecule has 2 saturated heterocycles. The van der Waals surface area contributed by atoms with Gasteiger partial charge in [0, 0.05) is 43.2 Å². The molecule has 0 aromatic heterocycles. The number of nitrogens with zero attached hydrogens (tertiary/aromatic N) is 3. The highest BCUT2D eigenvalue weighted by Gasteiger charge is 2.43. The standard InChI is InChI=1S/C20H36N4O2S/c1-14-17(19(2,3)4)16-12-15(13-24(16)18(21-14)20(5,6)7)22-27(25,26)23-10-8-9-11-23/h14-15,22H,8-13H2,1-7H3/t14-,15-/m0/s1. The van der Waals surface area contributed by atoms with Crippen molar-refractivity contribution < 1.29 is 8.42 Å². The molecule has 154 valence electrons. The fourth-order valence-electron chi connectivity index (χ4n) is 4.72. The van der Waals surface area contributed by atoms with Crippen LogP contribution in [-0.4, -0.2) is 55.2 Å². The monoisotopic (exact) mass is 396 g/mol. The highest BCUT2D eigenvalue weighted by molar-refractivity contribution is 7.87. The Hall–Kier alpha value is -0.920. The van der Waals surface area contributed by atoms with Gasteiger partial charge < -0.3 is 4.90 Å². The van der Waals surface area contributed by atoms with E-state index in [-0.39, 0.29) is 22.9 Å². The van der Waals surface area contributed by atoms with E-state index in [4.69, 9.17) is 4.99 Å². The minimum Gasteiger partial charge on any atom is -0.332 e. The summed E-state index contributed by atoms with van der Waals surface area (Å²) in [6, 6.07) is 0.0141. The summed E-state index contributed by atoms with van der Waals surface area (Å²) >= 11 is 0. The molecular weight excluding hydrogens is 360 g/mol. The van der Waals surface area contributed by atoms with Gasteiger partial charge in [0.25, 0.3) is 10.2 Å². The molecule has 2 fully saturated rings. The molecule has 3 heterocycles. The molecule has 27 heavy (non-hydrogen) atoms. The number of aliphatic imine (C=N–C) groups is 1. The molecule has 0 aromatic carbocycles. The van der Waals surface area contributed by atoms with Crippen LogP contribution in [0.2, 0.25) is 0 Å². The summed E-state index contributed by atoms with van der Waals surface area (Å²) in [4.78, 5) is 7.34. The highest BCUT2D eigenvalue weighted by Crippen LogP contribution is 2.43. The maximum absolute atomic E-state index is 12.8. The van der Waals surface area contributed by atoms with E-state index in [1.54, 1.807) is 4.31 Å². The molecule has 0 saturated carbocycles. The van der Waals surface area contributed by atoms with Gasteiger partial charge in [-0.3, -0.25) is 4.99 Å². The summed E-state index contributed by atoms with van der Waals surface area (Å²) in [6.07, 6.45) is 2.64. The van der Waals surface area contributed by atoms with Gasteiger partial charge in [-0.2, -0.15) is 17.4 Å². The molecule has 7 heteroatoms. The lowest BCUT2D eigenvalue weighted by atomic mass is 9.79. The van der Waals surface area contributed by atoms with Crippen LogP contribution < -0.4 is 4.72 Å². The minimum atomic E-state index is -3.41. The number of amidine groups is 1. The first-order valence-electron chi connectivity index (χ1n) is 10.2. The summed E-state index contributed by atoms with van der Waals surface area (Å²) in [5.41, 5.74) is 2.52. The van der Waals surface area contributed by atoms with Crippen molar-refractivity contribution in [1.82, 2.24) is 13.9 Å². The number of nitrogens with one attached hydrogen (secondary N) is 1. The van der Waals surface area contributed by atoms with Crippen molar-refractivity contribution in [3.05, 3.63) is 11.3 Å². The van der Waals surface area contributed by atoms with E-state index in [1.807, 2.05) is 0 Å². The minimum absolute atomic E-state index is 0.00261. The molecule has 3 aliphatic rings. The summed E-state index contributed by atoms with van der Waals surface area (Å²) in [6.45, 7) is 17.3. The van der Waals surface area contributed by atoms with Crippen molar-refractivity contribution in [2.45, 2.75) is 79.8 Å². The zero-order valence-electron chi connectivity index (χ0n) is 18.0. The molecule has 2 atom stereocenters. The lowest BCUT2D eigenvalue weighted by molar-refractivity contribution is 0.392. The second kappa shape index (κ2) is 6.85. The van der Waals surface area contributed by atoms with Crippen LogP contribution >= 0.6 is 0 Å². The molecule has 1 N–H and O–H groups in total. The Morgan fingerprint density at radius 2 is 1.63 bits per heavy atom. The van der Waals surface area contributed by atoms with Gasteiger partial charge in [0.15, 0.2) is 0 Å². The first-order valence-corrected chi connectivity index (χ1v) is 11.6. The van der Waals surface area contributed by atoms with Crippen LogP contribution in [0.25, 0.3) is 0 Å². The van der Waals surface area contributed by atoms with Crippen LogP contribution in [0.3, 0.4) is 0 Å². The summed E-state index contributed by atoms with van der Waals surface area (Å²) in [5.74, 6) is 1.07. The van der Waals surface area contributed by atoms with Gasteiger partial charge in [-0.05, 0) is 30.8 Å². The average Bonchev–Trinajstić information content (AvgIpc) is 3.12. The molecule has 6 nitrogen and oxygen atoms in total. The van der Waals surface area contributed by atoms with Crippen molar-refractivity contribution in [3.63, 3.8) is 0 Å². The fraction of sp³-hybridized carbons (Fsp3) is 0.850. The molecule has 0 radical (unpaired) electrons. The largest absolute Gasteiger partial charge is 0.332 e. The summed E-state index contributed by atoms with van der Waals surface area (Å²) < 4.78 is 30.1. The fourth-order valence-corrected chi connectivity index (χ4v) is 6.18. The lowest BCUT2D eigenvalue weighted by Crippen LogP contribution is -2.47. The molecular formula is C20H36N4O2S. The Kier molecular flexibility index (Phi) is 5.28. The average molecular weight is 397 g/mol. The smallest absolute Gasteiger partial charge is 0.279 e. The van der Waals surface area contributed by atoms with Crippen molar-refractivity contribution in [1.29, 1.82) is 0 Å².